The molecule has 0 unspecified atom stereocenters. The second kappa shape index (κ2) is 3.14. The predicted octanol–water partition coefficient (Wildman–Crippen LogP) is 3.77. The first-order valence-corrected chi connectivity index (χ1v) is 8.76. The summed E-state index contributed by atoms with van der Waals surface area (Å²) in [6, 6.07) is 0. The Kier molecular flexibility index (Phi) is 2.68. The molecule has 0 saturated heterocycles. The van der Waals surface area contributed by atoms with E-state index < -0.39 is 0 Å². The minimum absolute atomic E-state index is 0.222. The van der Waals surface area contributed by atoms with Crippen molar-refractivity contribution in [1.29, 1.82) is 0 Å². The summed E-state index contributed by atoms with van der Waals surface area (Å²) >= 11 is -0.222. The summed E-state index contributed by atoms with van der Waals surface area (Å²) in [6.45, 7) is 11.6. The van der Waals surface area contributed by atoms with E-state index in [-0.39, 0.29) is 18.6 Å². The van der Waals surface area contributed by atoms with Gasteiger partial charge in [-0.2, -0.15) is 0 Å². The van der Waals surface area contributed by atoms with Crippen molar-refractivity contribution in [3.8, 4) is 0 Å². The number of rotatable bonds is 1. The van der Waals surface area contributed by atoms with Gasteiger partial charge in [0.05, 0.1) is 0 Å². The zero-order chi connectivity index (χ0) is 9.52. The van der Waals surface area contributed by atoms with E-state index in [0.29, 0.717) is 5.41 Å². The van der Waals surface area contributed by atoms with Crippen LogP contribution in [0.15, 0.2) is 20.7 Å². The van der Waals surface area contributed by atoms with Crippen LogP contribution in [0.4, 0.5) is 0 Å². The van der Waals surface area contributed by atoms with Gasteiger partial charge in [-0.05, 0) is 0 Å². The van der Waals surface area contributed by atoms with Crippen LogP contribution in [0.25, 0.3) is 0 Å². The molecular weight excluding hydrogens is 316 g/mol. The van der Waals surface area contributed by atoms with E-state index >= 15 is 0 Å². The first kappa shape index (κ1) is 10.3. The van der Waals surface area contributed by atoms with Gasteiger partial charge in [-0.15, -0.1) is 0 Å². The Labute approximate surface area is 84.7 Å². The van der Waals surface area contributed by atoms with Crippen LogP contribution in [0.1, 0.15) is 34.6 Å². The molecular formula is C11H18W. The van der Waals surface area contributed by atoms with Crippen molar-refractivity contribution >= 4 is 0 Å². The Hall–Kier alpha value is 0.168. The molecule has 1 aliphatic carbocycles. The third-order valence-electron chi connectivity index (χ3n) is 3.17. The van der Waals surface area contributed by atoms with Gasteiger partial charge in [-0.25, -0.2) is 0 Å². The second-order valence-electron chi connectivity index (χ2n) is 4.03. The van der Waals surface area contributed by atoms with Gasteiger partial charge in [0.1, 0.15) is 0 Å². The number of hydrogen-bond donors (Lipinski definition) is 0. The first-order valence-electron chi connectivity index (χ1n) is 4.36. The average molecular weight is 334 g/mol. The SMILES string of the molecule is [CH3][W][C]1=C(C)C(C)=C(C)C1(C)C. The summed E-state index contributed by atoms with van der Waals surface area (Å²) in [5.74, 6) is 0. The van der Waals surface area contributed by atoms with E-state index in [4.69, 9.17) is 0 Å². The van der Waals surface area contributed by atoms with Crippen LogP contribution in [0.5, 0.6) is 0 Å². The van der Waals surface area contributed by atoms with Crippen LogP contribution in [0.2, 0.25) is 5.31 Å². The van der Waals surface area contributed by atoms with Crippen LogP contribution >= 0.6 is 0 Å². The van der Waals surface area contributed by atoms with E-state index in [1.54, 1.807) is 20.7 Å². The molecule has 0 N–H and O–H groups in total. The molecule has 0 amide bonds. The molecule has 0 radical (unpaired) electrons. The van der Waals surface area contributed by atoms with Crippen molar-refractivity contribution in [1.82, 2.24) is 0 Å². The zero-order valence-electron chi connectivity index (χ0n) is 8.91. The van der Waals surface area contributed by atoms with E-state index in [1.807, 2.05) is 0 Å². The molecule has 0 aromatic rings. The molecule has 0 spiro atoms. The van der Waals surface area contributed by atoms with Crippen LogP contribution in [0, 0.1) is 5.41 Å². The van der Waals surface area contributed by atoms with Gasteiger partial charge >= 0.3 is 84.6 Å². The Morgan fingerprint density at radius 2 is 1.50 bits per heavy atom. The van der Waals surface area contributed by atoms with Gasteiger partial charge in [0.15, 0.2) is 0 Å². The number of allylic oxidation sites excluding steroid dienone is 4. The van der Waals surface area contributed by atoms with Crippen molar-refractivity contribution < 1.29 is 18.6 Å². The predicted molar refractivity (Wildman–Crippen MR) is 50.7 cm³/mol. The summed E-state index contributed by atoms with van der Waals surface area (Å²) < 4.78 is 1.79. The van der Waals surface area contributed by atoms with Crippen LogP contribution in [0.3, 0.4) is 0 Å². The van der Waals surface area contributed by atoms with E-state index in [2.05, 4.69) is 39.9 Å². The third kappa shape index (κ3) is 1.25. The molecule has 0 aromatic heterocycles. The van der Waals surface area contributed by atoms with Gasteiger partial charge < -0.3 is 0 Å². The maximum atomic E-state index is 2.42. The van der Waals surface area contributed by atoms with Crippen LogP contribution < -0.4 is 0 Å². The minimum atomic E-state index is -0.222. The van der Waals surface area contributed by atoms with Gasteiger partial charge in [-0.3, -0.25) is 0 Å². The Bertz CT molecular complexity index is 267. The summed E-state index contributed by atoms with van der Waals surface area (Å²) in [7, 11) is 0. The summed E-state index contributed by atoms with van der Waals surface area (Å²) in [6.07, 6.45) is 0. The van der Waals surface area contributed by atoms with Crippen LogP contribution in [-0.4, -0.2) is 0 Å². The molecule has 1 heteroatoms. The molecule has 12 heavy (non-hydrogen) atoms. The Morgan fingerprint density at radius 3 is 1.67 bits per heavy atom. The molecule has 0 heterocycles. The van der Waals surface area contributed by atoms with Gasteiger partial charge in [0, 0.05) is 0 Å². The zero-order valence-corrected chi connectivity index (χ0v) is 11.8. The van der Waals surface area contributed by atoms with E-state index in [9.17, 15) is 0 Å². The van der Waals surface area contributed by atoms with Crippen molar-refractivity contribution in [3.63, 3.8) is 0 Å². The maximum absolute atomic E-state index is 2.42. The molecule has 0 atom stereocenters. The molecule has 0 fully saturated rings. The van der Waals surface area contributed by atoms with Crippen molar-refractivity contribution in [2.75, 3.05) is 0 Å². The molecule has 0 aromatic carbocycles. The molecule has 0 bridgehead atoms. The van der Waals surface area contributed by atoms with E-state index in [1.165, 1.54) is 0 Å². The topological polar surface area (TPSA) is 0 Å². The summed E-state index contributed by atoms with van der Waals surface area (Å²) in [4.78, 5) is 0. The summed E-state index contributed by atoms with van der Waals surface area (Å²) in [5.41, 5.74) is 5.15. The quantitative estimate of drug-likeness (QED) is 0.685. The molecule has 1 rings (SSSR count). The van der Waals surface area contributed by atoms with Gasteiger partial charge in [-0.1, -0.05) is 0 Å². The monoisotopic (exact) mass is 334 g/mol. The fraction of sp³-hybridized carbons (Fsp3) is 0.636. The van der Waals surface area contributed by atoms with Crippen molar-refractivity contribution in [2.45, 2.75) is 39.9 Å². The van der Waals surface area contributed by atoms with Crippen molar-refractivity contribution in [3.05, 3.63) is 20.7 Å². The second-order valence-corrected chi connectivity index (χ2v) is 6.97. The molecule has 0 saturated carbocycles. The molecule has 0 nitrogen and oxygen atoms in total. The normalized spacial score (nSPS) is 22.5. The number of hydrogen-bond acceptors (Lipinski definition) is 0. The fourth-order valence-electron chi connectivity index (χ4n) is 1.97. The van der Waals surface area contributed by atoms with E-state index in [0.717, 1.165) is 0 Å². The standard InChI is InChI=1S/C10H15.CH3.W/c1-7-6-10(4,5)9(3)8(7)2;;/h1-5H3;1H3;. The Balaban J connectivity index is 3.23. The molecule has 1 aliphatic rings. The van der Waals surface area contributed by atoms with Gasteiger partial charge in [0.2, 0.25) is 0 Å². The molecule has 68 valence electrons. The summed E-state index contributed by atoms with van der Waals surface area (Å²) in [5, 5.41) is 2.42. The van der Waals surface area contributed by atoms with Crippen molar-refractivity contribution in [2.24, 2.45) is 5.41 Å². The average Bonchev–Trinajstić information content (AvgIpc) is 2.13. The fourth-order valence-corrected chi connectivity index (χ4v) is 6.00. The molecule has 0 aliphatic heterocycles. The van der Waals surface area contributed by atoms with Crippen LogP contribution in [-0.2, 0) is 18.6 Å². The Morgan fingerprint density at radius 1 is 1.00 bits per heavy atom. The third-order valence-corrected chi connectivity index (χ3v) is 7.57. The first-order chi connectivity index (χ1) is 5.42. The van der Waals surface area contributed by atoms with Gasteiger partial charge in [0.25, 0.3) is 0 Å².